The Bertz CT molecular complexity index is 719. The average Bonchev–Trinajstić information content (AvgIpc) is 2.66. The topological polar surface area (TPSA) is 107 Å². The van der Waals surface area contributed by atoms with Crippen molar-refractivity contribution in [1.29, 1.82) is 0 Å². The number of nitrogens with zero attached hydrogens (tertiary/aromatic N) is 2. The summed E-state index contributed by atoms with van der Waals surface area (Å²) in [6.45, 7) is 0.522. The predicted molar refractivity (Wildman–Crippen MR) is 93.7 cm³/mol. The summed E-state index contributed by atoms with van der Waals surface area (Å²) in [5.74, 6) is -2.42. The summed E-state index contributed by atoms with van der Waals surface area (Å²) in [7, 11) is 3.01. The van der Waals surface area contributed by atoms with Gasteiger partial charge in [0.15, 0.2) is 0 Å². The maximum absolute atomic E-state index is 12.5. The number of carboxylic acid groups (broad SMARTS) is 1. The SMILES string of the molecule is CNC(=O)c1cccc(C(=O)N(C)CC(=O)N2CCCC(C(=O)O)C2)c1. The fourth-order valence-corrected chi connectivity index (χ4v) is 2.94. The fourth-order valence-electron chi connectivity index (χ4n) is 2.94. The van der Waals surface area contributed by atoms with Gasteiger partial charge in [-0.1, -0.05) is 6.07 Å². The zero-order chi connectivity index (χ0) is 19.3. The van der Waals surface area contributed by atoms with E-state index in [4.69, 9.17) is 5.11 Å². The highest BCUT2D eigenvalue weighted by Crippen LogP contribution is 2.17. The highest BCUT2D eigenvalue weighted by atomic mass is 16.4. The summed E-state index contributed by atoms with van der Waals surface area (Å²) in [4.78, 5) is 50.5. The first-order valence-electron chi connectivity index (χ1n) is 8.41. The second-order valence-electron chi connectivity index (χ2n) is 6.34. The molecule has 8 nitrogen and oxygen atoms in total. The third-order valence-corrected chi connectivity index (χ3v) is 4.44. The molecule has 1 fully saturated rings. The van der Waals surface area contributed by atoms with E-state index >= 15 is 0 Å². The zero-order valence-electron chi connectivity index (χ0n) is 14.9. The highest BCUT2D eigenvalue weighted by molar-refractivity contribution is 6.00. The molecule has 1 heterocycles. The van der Waals surface area contributed by atoms with Crippen LogP contribution in [-0.2, 0) is 9.59 Å². The van der Waals surface area contributed by atoms with Gasteiger partial charge in [-0.15, -0.1) is 0 Å². The monoisotopic (exact) mass is 361 g/mol. The van der Waals surface area contributed by atoms with Crippen LogP contribution in [0, 0.1) is 5.92 Å². The van der Waals surface area contributed by atoms with E-state index in [2.05, 4.69) is 5.32 Å². The number of likely N-dealkylation sites (N-methyl/N-ethyl adjacent to an activating group) is 1. The van der Waals surface area contributed by atoms with E-state index in [1.54, 1.807) is 18.2 Å². The molecule has 0 radical (unpaired) electrons. The number of carboxylic acids is 1. The number of rotatable bonds is 5. The van der Waals surface area contributed by atoms with Crippen LogP contribution in [0.1, 0.15) is 33.6 Å². The molecule has 0 saturated carbocycles. The largest absolute Gasteiger partial charge is 0.481 e. The second-order valence-corrected chi connectivity index (χ2v) is 6.34. The minimum Gasteiger partial charge on any atom is -0.481 e. The molecule has 1 aliphatic heterocycles. The smallest absolute Gasteiger partial charge is 0.308 e. The van der Waals surface area contributed by atoms with Gasteiger partial charge in [0.25, 0.3) is 11.8 Å². The van der Waals surface area contributed by atoms with E-state index < -0.39 is 11.9 Å². The lowest BCUT2D eigenvalue weighted by Gasteiger charge is -2.32. The van der Waals surface area contributed by atoms with Gasteiger partial charge in [0.1, 0.15) is 0 Å². The Labute approximate surface area is 151 Å². The molecule has 140 valence electrons. The summed E-state index contributed by atoms with van der Waals surface area (Å²) in [5.41, 5.74) is 0.668. The van der Waals surface area contributed by atoms with Gasteiger partial charge >= 0.3 is 5.97 Å². The van der Waals surface area contributed by atoms with E-state index in [1.807, 2.05) is 0 Å². The van der Waals surface area contributed by atoms with Crippen molar-refractivity contribution in [2.75, 3.05) is 33.7 Å². The quantitative estimate of drug-likeness (QED) is 0.791. The molecule has 1 unspecified atom stereocenters. The lowest BCUT2D eigenvalue weighted by atomic mass is 9.98. The summed E-state index contributed by atoms with van der Waals surface area (Å²) >= 11 is 0. The molecule has 1 aromatic rings. The standard InChI is InChI=1S/C18H23N3O5/c1-19-16(23)12-5-3-6-13(9-12)17(24)20(2)11-15(22)21-8-4-7-14(10-21)18(25)26/h3,5-6,9,14H,4,7-8,10-11H2,1-2H3,(H,19,23)(H,25,26). The number of carbonyl (C=O) groups excluding carboxylic acids is 3. The normalized spacial score (nSPS) is 16.7. The Morgan fingerprint density at radius 3 is 2.62 bits per heavy atom. The van der Waals surface area contributed by atoms with Crippen molar-refractivity contribution in [3.8, 4) is 0 Å². The van der Waals surface area contributed by atoms with Crippen molar-refractivity contribution in [2.45, 2.75) is 12.8 Å². The van der Waals surface area contributed by atoms with Gasteiger partial charge in [-0.3, -0.25) is 19.2 Å². The first-order valence-corrected chi connectivity index (χ1v) is 8.41. The fraction of sp³-hybridized carbons (Fsp3) is 0.444. The molecule has 3 amide bonds. The van der Waals surface area contributed by atoms with Gasteiger partial charge in [0.05, 0.1) is 12.5 Å². The third-order valence-electron chi connectivity index (χ3n) is 4.44. The molecule has 0 aromatic heterocycles. The molecule has 26 heavy (non-hydrogen) atoms. The Hall–Kier alpha value is -2.90. The summed E-state index contributed by atoms with van der Waals surface area (Å²) in [6.07, 6.45) is 1.19. The zero-order valence-corrected chi connectivity index (χ0v) is 14.9. The number of hydrogen-bond donors (Lipinski definition) is 2. The first-order chi connectivity index (χ1) is 12.3. The number of amides is 3. The van der Waals surface area contributed by atoms with Crippen LogP contribution in [0.5, 0.6) is 0 Å². The highest BCUT2D eigenvalue weighted by Gasteiger charge is 2.29. The van der Waals surface area contributed by atoms with Crippen molar-refractivity contribution >= 4 is 23.7 Å². The molecule has 1 saturated heterocycles. The summed E-state index contributed by atoms with van der Waals surface area (Å²) in [6, 6.07) is 6.26. The van der Waals surface area contributed by atoms with Crippen molar-refractivity contribution < 1.29 is 24.3 Å². The predicted octanol–water partition coefficient (Wildman–Crippen LogP) is 0.441. The van der Waals surface area contributed by atoms with Crippen LogP contribution in [-0.4, -0.2) is 72.3 Å². The Balaban J connectivity index is 2.01. The van der Waals surface area contributed by atoms with E-state index in [-0.39, 0.29) is 30.8 Å². The van der Waals surface area contributed by atoms with E-state index in [0.29, 0.717) is 30.5 Å². The van der Waals surface area contributed by atoms with Gasteiger partial charge in [-0.2, -0.15) is 0 Å². The maximum atomic E-state index is 12.5. The van der Waals surface area contributed by atoms with Gasteiger partial charge in [-0.25, -0.2) is 0 Å². The molecule has 1 aliphatic rings. The summed E-state index contributed by atoms with van der Waals surface area (Å²) in [5, 5.41) is 11.6. The number of hydrogen-bond acceptors (Lipinski definition) is 4. The van der Waals surface area contributed by atoms with Crippen molar-refractivity contribution in [1.82, 2.24) is 15.1 Å². The van der Waals surface area contributed by atoms with Crippen LogP contribution in [0.2, 0.25) is 0 Å². The van der Waals surface area contributed by atoms with Crippen molar-refractivity contribution in [2.24, 2.45) is 5.92 Å². The van der Waals surface area contributed by atoms with Crippen LogP contribution in [0.4, 0.5) is 0 Å². The Kier molecular flexibility index (Phi) is 6.32. The molecule has 1 atom stereocenters. The van der Waals surface area contributed by atoms with E-state index in [0.717, 1.165) is 0 Å². The van der Waals surface area contributed by atoms with Gasteiger partial charge in [0, 0.05) is 38.3 Å². The molecule has 0 bridgehead atoms. The molecule has 8 heteroatoms. The average molecular weight is 361 g/mol. The third kappa shape index (κ3) is 4.59. The number of likely N-dealkylation sites (tertiary alicyclic amines) is 1. The molecule has 2 rings (SSSR count). The minimum atomic E-state index is -0.905. The van der Waals surface area contributed by atoms with E-state index in [9.17, 15) is 19.2 Å². The number of benzene rings is 1. The van der Waals surface area contributed by atoms with Crippen LogP contribution < -0.4 is 5.32 Å². The Morgan fingerprint density at radius 2 is 1.96 bits per heavy atom. The number of carbonyl (C=O) groups is 4. The van der Waals surface area contributed by atoms with E-state index in [1.165, 1.54) is 30.0 Å². The molecule has 2 N–H and O–H groups in total. The molecule has 1 aromatic carbocycles. The molecular weight excluding hydrogens is 338 g/mol. The first kappa shape index (κ1) is 19.4. The van der Waals surface area contributed by atoms with Gasteiger partial charge in [0.2, 0.25) is 5.91 Å². The van der Waals surface area contributed by atoms with Crippen LogP contribution >= 0.6 is 0 Å². The van der Waals surface area contributed by atoms with Crippen LogP contribution in [0.15, 0.2) is 24.3 Å². The molecule has 0 aliphatic carbocycles. The lowest BCUT2D eigenvalue weighted by Crippen LogP contribution is -2.46. The molecule has 0 spiro atoms. The number of piperidine rings is 1. The second kappa shape index (κ2) is 8.46. The summed E-state index contributed by atoms with van der Waals surface area (Å²) < 4.78 is 0. The van der Waals surface area contributed by atoms with Crippen LogP contribution in [0.3, 0.4) is 0 Å². The van der Waals surface area contributed by atoms with Gasteiger partial charge in [-0.05, 0) is 31.0 Å². The maximum Gasteiger partial charge on any atom is 0.308 e. The number of aliphatic carboxylic acids is 1. The van der Waals surface area contributed by atoms with Crippen LogP contribution in [0.25, 0.3) is 0 Å². The number of nitrogens with one attached hydrogen (secondary N) is 1. The van der Waals surface area contributed by atoms with Gasteiger partial charge < -0.3 is 20.2 Å². The lowest BCUT2D eigenvalue weighted by molar-refractivity contribution is -0.145. The minimum absolute atomic E-state index is 0.143. The van der Waals surface area contributed by atoms with Crippen molar-refractivity contribution in [3.63, 3.8) is 0 Å². The molecular formula is C18H23N3O5. The Morgan fingerprint density at radius 1 is 1.27 bits per heavy atom. The van der Waals surface area contributed by atoms with Crippen molar-refractivity contribution in [3.05, 3.63) is 35.4 Å².